The molecule has 66 heavy (non-hydrogen) atoms. The molecule has 1 aliphatic heterocycles. The molecule has 1 saturated heterocycles. The lowest BCUT2D eigenvalue weighted by molar-refractivity contribution is -0.135. The van der Waals surface area contributed by atoms with Crippen LogP contribution in [-0.2, 0) is 25.6 Å². The number of piperidine rings is 1. The monoisotopic (exact) mass is 891 g/mol. The third-order valence-corrected chi connectivity index (χ3v) is 12.2. The molecule has 5 aromatic carbocycles. The third kappa shape index (κ3) is 9.17. The summed E-state index contributed by atoms with van der Waals surface area (Å²) in [6.07, 6.45) is 11.4. The van der Waals surface area contributed by atoms with E-state index in [9.17, 15) is 19.2 Å². The number of methoxy groups -OCH3 is 2. The van der Waals surface area contributed by atoms with Crippen molar-refractivity contribution in [2.45, 2.75) is 77.5 Å². The van der Waals surface area contributed by atoms with Gasteiger partial charge in [-0.3, -0.25) is 9.59 Å². The maximum atomic E-state index is 14.0. The van der Waals surface area contributed by atoms with Gasteiger partial charge in [-0.1, -0.05) is 93.9 Å². The van der Waals surface area contributed by atoms with Crippen molar-refractivity contribution in [1.29, 1.82) is 0 Å². The van der Waals surface area contributed by atoms with Crippen molar-refractivity contribution < 1.29 is 28.7 Å². The van der Waals surface area contributed by atoms with Crippen LogP contribution in [0, 0.1) is 18.8 Å². The molecule has 9 rings (SSSR count). The van der Waals surface area contributed by atoms with E-state index < -0.39 is 18.2 Å². The summed E-state index contributed by atoms with van der Waals surface area (Å²) in [6.45, 7) is 6.80. The number of rotatable bonds is 11. The first-order valence-electron chi connectivity index (χ1n) is 22.3. The number of carbonyl (C=O) groups is 4. The van der Waals surface area contributed by atoms with Crippen molar-refractivity contribution in [3.63, 3.8) is 0 Å². The predicted octanol–water partition coefficient (Wildman–Crippen LogP) is 8.51. The second-order valence-corrected chi connectivity index (χ2v) is 16.6. The van der Waals surface area contributed by atoms with Gasteiger partial charge < -0.3 is 40.7 Å². The van der Waals surface area contributed by atoms with Crippen LogP contribution in [0.3, 0.4) is 0 Å². The number of aromatic nitrogens is 4. The minimum absolute atomic E-state index is 0.0810. The molecular formula is C51H57N9O6. The van der Waals surface area contributed by atoms with E-state index in [1.807, 2.05) is 54.3 Å². The maximum absolute atomic E-state index is 14.0. The summed E-state index contributed by atoms with van der Waals surface area (Å²) in [5, 5.41) is 9.18. The summed E-state index contributed by atoms with van der Waals surface area (Å²) >= 11 is 0. The molecule has 3 heterocycles. The van der Waals surface area contributed by atoms with Crippen molar-refractivity contribution in [1.82, 2.24) is 40.1 Å². The first-order chi connectivity index (χ1) is 32.1. The summed E-state index contributed by atoms with van der Waals surface area (Å²) < 4.78 is 11.2. The molecular weight excluding hydrogens is 835 g/mol. The van der Waals surface area contributed by atoms with Crippen molar-refractivity contribution in [2.24, 2.45) is 5.92 Å². The number of terminal acetylenes is 1. The van der Waals surface area contributed by atoms with E-state index in [-0.39, 0.29) is 42.9 Å². The fourth-order valence-electron chi connectivity index (χ4n) is 9.43. The highest BCUT2D eigenvalue weighted by molar-refractivity contribution is 6.08. The standard InChI is InChI=1S/C46H47N9O6.C3H8.C2H2/c1-4-20-53(44(57)39(52-46(59)61-3)26-8-6-5-7-9-26)25-37-49-35-18-13-29-21-27(11-16-33(29)40(35)51-37)28-12-17-34-30(22-28)14-19-36-42(34)55(47)43(50-36)41-31-10-15-32(23-31)54(41)38(56)24-48-45(58)60-2;1-3-2;1-2/h5-9,11-14,16-19,21-22,31-32,39,41H,4,10,15,20,23-25,47H2,1-3H3,(H,48,58)(H,49,51)(H,52,59);3H2,1-2H3;1-2H/t31-,32+,39+,41-;;/m0../s1. The smallest absolute Gasteiger partial charge is 0.407 e. The number of aromatic amines is 1. The quantitative estimate of drug-likeness (QED) is 0.0729. The van der Waals surface area contributed by atoms with Gasteiger partial charge in [-0.05, 0) is 83.3 Å². The molecule has 5 N–H and O–H groups in total. The number of nitrogen functional groups attached to an aromatic ring is 1. The SMILES string of the molecule is C#C.CCC.CCCN(Cc1nc2c(ccc3cc(-c4ccc5c(ccc6nc([C@@H]7[C@H]8CC[C@H](C8)N7C(=O)CNC(=O)OC)n(N)c65)c4)ccc32)[nH]1)C(=O)[C@H](NC(=O)OC)c1ccccc1. The zero-order valence-electron chi connectivity index (χ0n) is 38.0. The Bertz CT molecular complexity index is 2910. The molecule has 342 valence electrons. The molecule has 1 saturated carbocycles. The minimum atomic E-state index is -0.917. The number of likely N-dealkylation sites (tertiary alicyclic amines) is 1. The van der Waals surface area contributed by atoms with Gasteiger partial charge in [0.25, 0.3) is 0 Å². The lowest BCUT2D eigenvalue weighted by Crippen LogP contribution is -2.46. The fourth-order valence-corrected chi connectivity index (χ4v) is 9.43. The minimum Gasteiger partial charge on any atom is -0.453 e. The summed E-state index contributed by atoms with van der Waals surface area (Å²) in [7, 11) is 2.55. The lowest BCUT2D eigenvalue weighted by Gasteiger charge is -2.34. The second-order valence-electron chi connectivity index (χ2n) is 16.6. The number of hydrogen-bond donors (Lipinski definition) is 4. The van der Waals surface area contributed by atoms with Crippen molar-refractivity contribution in [3.05, 3.63) is 108 Å². The van der Waals surface area contributed by atoms with Gasteiger partial charge in [0.05, 0.1) is 48.9 Å². The van der Waals surface area contributed by atoms with Gasteiger partial charge in [0.2, 0.25) is 11.8 Å². The summed E-state index contributed by atoms with van der Waals surface area (Å²) in [5.41, 5.74) is 5.94. The van der Waals surface area contributed by atoms with E-state index in [1.165, 1.54) is 20.6 Å². The van der Waals surface area contributed by atoms with Gasteiger partial charge in [0.15, 0.2) is 5.82 Å². The molecule has 2 aliphatic rings. The van der Waals surface area contributed by atoms with Crippen LogP contribution in [-0.4, -0.2) is 86.8 Å². The van der Waals surface area contributed by atoms with Crippen LogP contribution in [0.2, 0.25) is 0 Å². The van der Waals surface area contributed by atoms with Gasteiger partial charge in [0, 0.05) is 23.4 Å². The number of H-pyrrole nitrogens is 1. The Labute approximate surface area is 384 Å². The number of nitrogens with two attached hydrogens (primary N) is 1. The first-order valence-corrected chi connectivity index (χ1v) is 22.3. The van der Waals surface area contributed by atoms with E-state index in [0.29, 0.717) is 23.8 Å². The number of fused-ring (bicyclic) bond motifs is 8. The van der Waals surface area contributed by atoms with Crippen LogP contribution < -0.4 is 16.5 Å². The topological polar surface area (TPSA) is 190 Å². The molecule has 4 atom stereocenters. The normalized spacial score (nSPS) is 16.5. The van der Waals surface area contributed by atoms with Crippen LogP contribution in [0.15, 0.2) is 91.0 Å². The Morgan fingerprint density at radius 3 is 2.21 bits per heavy atom. The second kappa shape index (κ2) is 20.5. The third-order valence-electron chi connectivity index (χ3n) is 12.2. The van der Waals surface area contributed by atoms with Crippen LogP contribution in [0.1, 0.15) is 82.2 Å². The predicted molar refractivity (Wildman–Crippen MR) is 257 cm³/mol. The molecule has 15 heteroatoms. The average Bonchev–Trinajstić information content (AvgIpc) is 4.15. The Balaban J connectivity index is 0.00000125. The van der Waals surface area contributed by atoms with E-state index in [1.54, 1.807) is 9.58 Å². The highest BCUT2D eigenvalue weighted by Crippen LogP contribution is 2.50. The molecule has 0 radical (unpaired) electrons. The molecule has 2 bridgehead atoms. The van der Waals surface area contributed by atoms with Crippen molar-refractivity contribution in [3.8, 4) is 24.0 Å². The van der Waals surface area contributed by atoms with Gasteiger partial charge >= 0.3 is 12.2 Å². The number of amides is 4. The van der Waals surface area contributed by atoms with Crippen LogP contribution in [0.4, 0.5) is 9.59 Å². The zero-order valence-corrected chi connectivity index (χ0v) is 38.0. The zero-order chi connectivity index (χ0) is 47.1. The van der Waals surface area contributed by atoms with Crippen molar-refractivity contribution >= 4 is 67.6 Å². The number of imidazole rings is 2. The highest BCUT2D eigenvalue weighted by Gasteiger charge is 2.50. The number of alkyl carbamates (subject to hydrolysis) is 2. The summed E-state index contributed by atoms with van der Waals surface area (Å²) in [6, 6.07) is 28.7. The van der Waals surface area contributed by atoms with Crippen molar-refractivity contribution in [2.75, 3.05) is 33.2 Å². The van der Waals surface area contributed by atoms with Gasteiger partial charge in [0.1, 0.15) is 18.4 Å². The number of nitrogens with one attached hydrogen (secondary N) is 3. The number of ether oxygens (including phenoxy) is 2. The number of benzene rings is 5. The average molecular weight is 892 g/mol. The Morgan fingerprint density at radius 2 is 1.53 bits per heavy atom. The number of nitrogens with zero attached hydrogens (tertiary/aromatic N) is 5. The van der Waals surface area contributed by atoms with Gasteiger partial charge in [-0.15, -0.1) is 12.8 Å². The highest BCUT2D eigenvalue weighted by atomic mass is 16.5. The van der Waals surface area contributed by atoms with Gasteiger partial charge in [-0.25, -0.2) is 24.2 Å². The molecule has 2 fully saturated rings. The van der Waals surface area contributed by atoms with Crippen LogP contribution in [0.5, 0.6) is 0 Å². The molecule has 0 unspecified atom stereocenters. The summed E-state index contributed by atoms with van der Waals surface area (Å²) in [5.74, 6) is 7.96. The fraction of sp³-hybridized carbons (Fsp3) is 0.333. The maximum Gasteiger partial charge on any atom is 0.407 e. The Morgan fingerprint density at radius 1 is 0.864 bits per heavy atom. The van der Waals surface area contributed by atoms with E-state index in [4.69, 9.17) is 20.5 Å². The number of hydrogen-bond acceptors (Lipinski definition) is 9. The lowest BCUT2D eigenvalue weighted by atomic mass is 9.97. The van der Waals surface area contributed by atoms with E-state index in [2.05, 4.69) is 95.6 Å². The van der Waals surface area contributed by atoms with Gasteiger partial charge in [-0.2, -0.15) is 0 Å². The van der Waals surface area contributed by atoms with E-state index in [0.717, 1.165) is 80.4 Å². The molecule has 0 spiro atoms. The van der Waals surface area contributed by atoms with E-state index >= 15 is 0 Å². The molecule has 1 aliphatic carbocycles. The Kier molecular flexibility index (Phi) is 14.4. The molecule has 15 nitrogen and oxygen atoms in total. The number of carbonyl (C=O) groups excluding carboxylic acids is 4. The first kappa shape index (κ1) is 46.4. The molecule has 2 aromatic heterocycles. The van der Waals surface area contributed by atoms with Crippen LogP contribution >= 0.6 is 0 Å². The molecule has 4 amide bonds. The Hall–Kier alpha value is -7.60. The summed E-state index contributed by atoms with van der Waals surface area (Å²) in [4.78, 5) is 68.4. The molecule has 7 aromatic rings. The largest absolute Gasteiger partial charge is 0.453 e. The van der Waals surface area contributed by atoms with Crippen LogP contribution in [0.25, 0.3) is 54.7 Å².